The van der Waals surface area contributed by atoms with Crippen LogP contribution < -0.4 is 14.8 Å². The van der Waals surface area contributed by atoms with Gasteiger partial charge in [-0.15, -0.1) is 0 Å². The first-order chi connectivity index (χ1) is 13.2. The molecule has 1 aliphatic heterocycles. The lowest BCUT2D eigenvalue weighted by atomic mass is 9.98. The molecule has 27 heavy (non-hydrogen) atoms. The summed E-state index contributed by atoms with van der Waals surface area (Å²) in [5.41, 5.74) is 0.538. The Kier molecular flexibility index (Phi) is 6.59. The van der Waals surface area contributed by atoms with Crippen molar-refractivity contribution in [1.29, 1.82) is 0 Å². The minimum atomic E-state index is -0.115. The van der Waals surface area contributed by atoms with Gasteiger partial charge in [-0.1, -0.05) is 0 Å². The number of hydrogen-bond donors (Lipinski definition) is 1. The van der Waals surface area contributed by atoms with Crippen molar-refractivity contribution in [2.24, 2.45) is 5.92 Å². The van der Waals surface area contributed by atoms with Gasteiger partial charge >= 0.3 is 0 Å². The van der Waals surface area contributed by atoms with Gasteiger partial charge in [0.15, 0.2) is 0 Å². The molecule has 0 aliphatic carbocycles. The summed E-state index contributed by atoms with van der Waals surface area (Å²) in [7, 11) is 3.15. The van der Waals surface area contributed by atoms with E-state index in [0.29, 0.717) is 29.5 Å². The number of aromatic nitrogens is 2. The molecule has 1 aromatic carbocycles. The van der Waals surface area contributed by atoms with Gasteiger partial charge in [0.1, 0.15) is 17.3 Å². The minimum Gasteiger partial charge on any atom is -0.497 e. The predicted molar refractivity (Wildman–Crippen MR) is 102 cm³/mol. The zero-order chi connectivity index (χ0) is 19.1. The zero-order valence-electron chi connectivity index (χ0n) is 15.9. The van der Waals surface area contributed by atoms with Gasteiger partial charge in [0.05, 0.1) is 20.8 Å². The maximum atomic E-state index is 12.5. The van der Waals surface area contributed by atoms with Gasteiger partial charge in [-0.05, 0) is 43.5 Å². The number of carbonyl (C=O) groups excluding carboxylic acids is 1. The highest BCUT2D eigenvalue weighted by molar-refractivity contribution is 5.95. The minimum absolute atomic E-state index is 0.115. The third-order valence-electron chi connectivity index (χ3n) is 4.75. The molecule has 2 heterocycles. The van der Waals surface area contributed by atoms with E-state index in [1.165, 1.54) is 0 Å². The summed E-state index contributed by atoms with van der Waals surface area (Å²) in [5, 5.41) is 3.05. The molecule has 2 aromatic rings. The van der Waals surface area contributed by atoms with Crippen LogP contribution in [0.1, 0.15) is 29.0 Å². The molecule has 0 unspecified atom stereocenters. The number of nitrogens with one attached hydrogen (secondary N) is 1. The van der Waals surface area contributed by atoms with Gasteiger partial charge < -0.3 is 14.8 Å². The molecule has 7 heteroatoms. The van der Waals surface area contributed by atoms with Crippen LogP contribution in [0.15, 0.2) is 36.7 Å². The molecule has 3 rings (SSSR count). The first-order valence-corrected chi connectivity index (χ1v) is 9.17. The van der Waals surface area contributed by atoms with E-state index in [1.807, 2.05) is 6.07 Å². The maximum Gasteiger partial charge on any atom is 0.251 e. The Labute approximate surface area is 159 Å². The van der Waals surface area contributed by atoms with Crippen LogP contribution in [0.25, 0.3) is 0 Å². The van der Waals surface area contributed by atoms with Crippen LogP contribution >= 0.6 is 0 Å². The van der Waals surface area contributed by atoms with E-state index in [2.05, 4.69) is 20.2 Å². The number of hydrogen-bond acceptors (Lipinski definition) is 6. The van der Waals surface area contributed by atoms with Gasteiger partial charge in [-0.2, -0.15) is 0 Å². The van der Waals surface area contributed by atoms with E-state index in [-0.39, 0.29) is 5.91 Å². The van der Waals surface area contributed by atoms with Gasteiger partial charge in [-0.3, -0.25) is 9.69 Å². The van der Waals surface area contributed by atoms with Gasteiger partial charge in [0.25, 0.3) is 5.91 Å². The first kappa shape index (κ1) is 19.1. The summed E-state index contributed by atoms with van der Waals surface area (Å²) < 4.78 is 10.5. The topological polar surface area (TPSA) is 76.6 Å². The number of rotatable bonds is 7. The molecule has 1 fully saturated rings. The summed E-state index contributed by atoms with van der Waals surface area (Å²) in [4.78, 5) is 23.5. The Morgan fingerprint density at radius 2 is 1.89 bits per heavy atom. The smallest absolute Gasteiger partial charge is 0.251 e. The molecule has 1 N–H and O–H groups in total. The third-order valence-corrected chi connectivity index (χ3v) is 4.75. The standard InChI is InChI=1S/C20H26N4O3/c1-26-17-9-16(10-18(11-17)27-2)20(25)23-12-15-5-3-8-24(13-15)14-19-21-6-4-7-22-19/h4,6-7,9-11,15H,3,5,8,12-14H2,1-2H3,(H,23,25)/t15-/m0/s1. The molecule has 7 nitrogen and oxygen atoms in total. The summed E-state index contributed by atoms with van der Waals surface area (Å²) in [6.07, 6.45) is 5.76. The second kappa shape index (κ2) is 9.32. The second-order valence-electron chi connectivity index (χ2n) is 6.72. The van der Waals surface area contributed by atoms with Crippen LogP contribution in [-0.4, -0.2) is 54.6 Å². The van der Waals surface area contributed by atoms with Crippen LogP contribution in [-0.2, 0) is 6.54 Å². The van der Waals surface area contributed by atoms with Crippen LogP contribution in [0.2, 0.25) is 0 Å². The summed E-state index contributed by atoms with van der Waals surface area (Å²) in [6, 6.07) is 7.02. The number of piperidine rings is 1. The molecule has 1 amide bonds. The van der Waals surface area contributed by atoms with Crippen molar-refractivity contribution >= 4 is 5.91 Å². The Bertz CT molecular complexity index is 732. The number of nitrogens with zero attached hydrogens (tertiary/aromatic N) is 3. The quantitative estimate of drug-likeness (QED) is 0.805. The number of amides is 1. The van der Waals surface area contributed by atoms with E-state index in [4.69, 9.17) is 9.47 Å². The largest absolute Gasteiger partial charge is 0.497 e. The van der Waals surface area contributed by atoms with Gasteiger partial charge in [0.2, 0.25) is 0 Å². The van der Waals surface area contributed by atoms with Gasteiger partial charge in [-0.25, -0.2) is 9.97 Å². The Hall–Kier alpha value is -2.67. The lowest BCUT2D eigenvalue weighted by molar-refractivity contribution is 0.0929. The molecule has 1 aliphatic rings. The first-order valence-electron chi connectivity index (χ1n) is 9.17. The van der Waals surface area contributed by atoms with Crippen molar-refractivity contribution in [3.8, 4) is 11.5 Å². The SMILES string of the molecule is COc1cc(OC)cc(C(=O)NC[C@@H]2CCCN(Cc3ncccn3)C2)c1. The number of ether oxygens (including phenoxy) is 2. The van der Waals surface area contributed by atoms with Crippen LogP contribution in [0, 0.1) is 5.92 Å². The van der Waals surface area contributed by atoms with E-state index in [0.717, 1.165) is 38.3 Å². The fraction of sp³-hybridized carbons (Fsp3) is 0.450. The van der Waals surface area contributed by atoms with E-state index in [9.17, 15) is 4.79 Å². The second-order valence-corrected chi connectivity index (χ2v) is 6.72. The zero-order valence-corrected chi connectivity index (χ0v) is 15.9. The normalized spacial score (nSPS) is 17.3. The van der Waals surface area contributed by atoms with E-state index >= 15 is 0 Å². The summed E-state index contributed by atoms with van der Waals surface area (Å²) in [5.74, 6) is 2.35. The molecule has 1 saturated heterocycles. The highest BCUT2D eigenvalue weighted by atomic mass is 16.5. The van der Waals surface area contributed by atoms with Crippen molar-refractivity contribution in [2.75, 3.05) is 33.9 Å². The lowest BCUT2D eigenvalue weighted by Crippen LogP contribution is -2.40. The number of benzene rings is 1. The Morgan fingerprint density at radius 3 is 2.56 bits per heavy atom. The maximum absolute atomic E-state index is 12.5. The van der Waals surface area contributed by atoms with Crippen molar-refractivity contribution in [2.45, 2.75) is 19.4 Å². The number of carbonyl (C=O) groups is 1. The number of likely N-dealkylation sites (tertiary alicyclic amines) is 1. The Morgan fingerprint density at radius 1 is 1.19 bits per heavy atom. The molecular formula is C20H26N4O3. The molecule has 0 radical (unpaired) electrons. The molecule has 0 spiro atoms. The summed E-state index contributed by atoms with van der Waals surface area (Å²) in [6.45, 7) is 3.36. The average molecular weight is 370 g/mol. The third kappa shape index (κ3) is 5.40. The molecule has 0 saturated carbocycles. The molecule has 1 aromatic heterocycles. The molecule has 144 valence electrons. The van der Waals surface area contributed by atoms with Crippen LogP contribution in [0.4, 0.5) is 0 Å². The molecular weight excluding hydrogens is 344 g/mol. The van der Waals surface area contributed by atoms with Crippen LogP contribution in [0.3, 0.4) is 0 Å². The monoisotopic (exact) mass is 370 g/mol. The van der Waals surface area contributed by atoms with E-state index < -0.39 is 0 Å². The Balaban J connectivity index is 1.54. The van der Waals surface area contributed by atoms with Gasteiger partial charge in [0, 0.05) is 37.1 Å². The average Bonchev–Trinajstić information content (AvgIpc) is 2.72. The molecule has 0 bridgehead atoms. The fourth-order valence-electron chi connectivity index (χ4n) is 3.35. The van der Waals surface area contributed by atoms with Crippen molar-refractivity contribution < 1.29 is 14.3 Å². The van der Waals surface area contributed by atoms with Crippen molar-refractivity contribution in [3.05, 3.63) is 48.0 Å². The van der Waals surface area contributed by atoms with Crippen molar-refractivity contribution in [3.63, 3.8) is 0 Å². The predicted octanol–water partition coefficient (Wildman–Crippen LogP) is 2.14. The van der Waals surface area contributed by atoms with Crippen LogP contribution in [0.5, 0.6) is 11.5 Å². The summed E-state index contributed by atoms with van der Waals surface area (Å²) >= 11 is 0. The highest BCUT2D eigenvalue weighted by Gasteiger charge is 2.21. The lowest BCUT2D eigenvalue weighted by Gasteiger charge is -2.32. The molecule has 1 atom stereocenters. The highest BCUT2D eigenvalue weighted by Crippen LogP contribution is 2.23. The number of methoxy groups -OCH3 is 2. The van der Waals surface area contributed by atoms with E-state index in [1.54, 1.807) is 44.8 Å². The fourth-order valence-corrected chi connectivity index (χ4v) is 3.35. The van der Waals surface area contributed by atoms with Crippen molar-refractivity contribution in [1.82, 2.24) is 20.2 Å².